The van der Waals surface area contributed by atoms with Gasteiger partial charge in [-0.15, -0.1) is 0 Å². The SMILES string of the molecule is O=C(Cl)C1CCCN1C(=O)C1CCCO1. The Kier molecular flexibility index (Phi) is 3.26. The fraction of sp³-hybridized carbons (Fsp3) is 0.800. The molecule has 0 aromatic carbocycles. The number of hydrogen-bond donors (Lipinski definition) is 0. The van der Waals surface area contributed by atoms with Crippen molar-refractivity contribution in [1.82, 2.24) is 4.90 Å². The second kappa shape index (κ2) is 4.49. The minimum Gasteiger partial charge on any atom is -0.368 e. The summed E-state index contributed by atoms with van der Waals surface area (Å²) in [6.07, 6.45) is 2.87. The van der Waals surface area contributed by atoms with E-state index in [2.05, 4.69) is 0 Å². The third-order valence-electron chi connectivity index (χ3n) is 3.00. The largest absolute Gasteiger partial charge is 0.368 e. The predicted molar refractivity (Wildman–Crippen MR) is 54.6 cm³/mol. The Morgan fingerprint density at radius 2 is 2.07 bits per heavy atom. The monoisotopic (exact) mass is 231 g/mol. The van der Waals surface area contributed by atoms with Crippen molar-refractivity contribution in [2.75, 3.05) is 13.2 Å². The van der Waals surface area contributed by atoms with Gasteiger partial charge >= 0.3 is 0 Å². The fourth-order valence-electron chi connectivity index (χ4n) is 2.22. The summed E-state index contributed by atoms with van der Waals surface area (Å²) in [5.41, 5.74) is 0. The molecule has 2 rings (SSSR count). The Morgan fingerprint density at radius 3 is 2.67 bits per heavy atom. The normalized spacial score (nSPS) is 30.9. The summed E-state index contributed by atoms with van der Waals surface area (Å²) in [6, 6.07) is -0.427. The summed E-state index contributed by atoms with van der Waals surface area (Å²) in [5, 5.41) is -0.432. The smallest absolute Gasteiger partial charge is 0.252 e. The first kappa shape index (κ1) is 10.9. The first-order valence-corrected chi connectivity index (χ1v) is 5.69. The van der Waals surface area contributed by atoms with Crippen LogP contribution in [0.25, 0.3) is 0 Å². The number of hydrogen-bond acceptors (Lipinski definition) is 3. The van der Waals surface area contributed by atoms with E-state index in [4.69, 9.17) is 16.3 Å². The lowest BCUT2D eigenvalue weighted by Crippen LogP contribution is -2.44. The second-order valence-corrected chi connectivity index (χ2v) is 4.37. The van der Waals surface area contributed by atoms with Crippen LogP contribution in [0.2, 0.25) is 0 Å². The maximum atomic E-state index is 12.0. The van der Waals surface area contributed by atoms with Gasteiger partial charge in [0, 0.05) is 13.2 Å². The maximum Gasteiger partial charge on any atom is 0.252 e. The molecule has 2 fully saturated rings. The molecule has 1 amide bonds. The number of ether oxygens (including phenoxy) is 1. The molecule has 0 bridgehead atoms. The van der Waals surface area contributed by atoms with Crippen molar-refractivity contribution in [3.8, 4) is 0 Å². The summed E-state index contributed by atoms with van der Waals surface area (Å²) in [6.45, 7) is 1.27. The minimum atomic E-state index is -0.432. The van der Waals surface area contributed by atoms with Gasteiger partial charge in [-0.25, -0.2) is 0 Å². The average Bonchev–Trinajstić information content (AvgIpc) is 2.88. The maximum absolute atomic E-state index is 12.0. The van der Waals surface area contributed by atoms with E-state index < -0.39 is 11.3 Å². The molecule has 5 heteroatoms. The third-order valence-corrected chi connectivity index (χ3v) is 3.25. The van der Waals surface area contributed by atoms with Crippen LogP contribution in [0.4, 0.5) is 0 Å². The Labute approximate surface area is 93.5 Å². The highest BCUT2D eigenvalue weighted by molar-refractivity contribution is 6.64. The molecular formula is C10H14ClNO3. The van der Waals surface area contributed by atoms with E-state index >= 15 is 0 Å². The molecular weight excluding hydrogens is 218 g/mol. The lowest BCUT2D eigenvalue weighted by molar-refractivity contribution is -0.143. The van der Waals surface area contributed by atoms with Gasteiger partial charge in [-0.1, -0.05) is 0 Å². The van der Waals surface area contributed by atoms with Crippen LogP contribution < -0.4 is 0 Å². The van der Waals surface area contributed by atoms with E-state index in [0.29, 0.717) is 19.6 Å². The van der Waals surface area contributed by atoms with Gasteiger partial charge in [-0.2, -0.15) is 0 Å². The average molecular weight is 232 g/mol. The summed E-state index contributed by atoms with van der Waals surface area (Å²) in [5.74, 6) is -0.0657. The minimum absolute atomic E-state index is 0.0657. The lowest BCUT2D eigenvalue weighted by Gasteiger charge is -2.24. The van der Waals surface area contributed by atoms with Gasteiger partial charge in [0.15, 0.2) is 0 Å². The Balaban J connectivity index is 2.02. The quantitative estimate of drug-likeness (QED) is 0.664. The van der Waals surface area contributed by atoms with Gasteiger partial charge in [-0.05, 0) is 37.3 Å². The van der Waals surface area contributed by atoms with E-state index in [0.717, 1.165) is 19.3 Å². The van der Waals surface area contributed by atoms with E-state index in [1.165, 1.54) is 0 Å². The van der Waals surface area contributed by atoms with Crippen LogP contribution in [-0.2, 0) is 14.3 Å². The number of nitrogens with zero attached hydrogens (tertiary/aromatic N) is 1. The number of carbonyl (C=O) groups is 2. The number of rotatable bonds is 2. The molecule has 0 radical (unpaired) electrons. The molecule has 2 unspecified atom stereocenters. The van der Waals surface area contributed by atoms with Crippen LogP contribution in [0.3, 0.4) is 0 Å². The van der Waals surface area contributed by atoms with Crippen LogP contribution in [0.15, 0.2) is 0 Å². The van der Waals surface area contributed by atoms with Crippen molar-refractivity contribution in [2.45, 2.75) is 37.8 Å². The van der Waals surface area contributed by atoms with Crippen LogP contribution in [0, 0.1) is 0 Å². The molecule has 0 N–H and O–H groups in total. The zero-order valence-electron chi connectivity index (χ0n) is 8.45. The molecule has 0 aromatic heterocycles. The molecule has 0 saturated carbocycles. The highest BCUT2D eigenvalue weighted by Gasteiger charge is 2.37. The summed E-state index contributed by atoms with van der Waals surface area (Å²) < 4.78 is 5.31. The predicted octanol–water partition coefficient (Wildman–Crippen LogP) is 0.922. The van der Waals surface area contributed by atoms with Gasteiger partial charge in [0.25, 0.3) is 5.91 Å². The van der Waals surface area contributed by atoms with Crippen molar-refractivity contribution in [3.05, 3.63) is 0 Å². The van der Waals surface area contributed by atoms with Gasteiger partial charge in [-0.3, -0.25) is 9.59 Å². The van der Waals surface area contributed by atoms with E-state index in [1.807, 2.05) is 0 Å². The van der Waals surface area contributed by atoms with Gasteiger partial charge < -0.3 is 9.64 Å². The van der Waals surface area contributed by atoms with E-state index in [1.54, 1.807) is 4.90 Å². The fourth-order valence-corrected chi connectivity index (χ4v) is 2.45. The number of likely N-dealkylation sites (tertiary alicyclic amines) is 1. The highest BCUT2D eigenvalue weighted by atomic mass is 35.5. The van der Waals surface area contributed by atoms with Crippen LogP contribution in [0.1, 0.15) is 25.7 Å². The van der Waals surface area contributed by atoms with Crippen molar-refractivity contribution in [2.24, 2.45) is 0 Å². The molecule has 84 valence electrons. The molecule has 2 atom stereocenters. The molecule has 0 aromatic rings. The number of carbonyl (C=O) groups excluding carboxylic acids is 2. The van der Waals surface area contributed by atoms with Crippen LogP contribution >= 0.6 is 11.6 Å². The standard InChI is InChI=1S/C10H14ClNO3/c11-9(13)7-3-1-5-12(7)10(14)8-4-2-6-15-8/h7-8H,1-6H2. The topological polar surface area (TPSA) is 46.6 Å². The zero-order chi connectivity index (χ0) is 10.8. The molecule has 0 aliphatic carbocycles. The second-order valence-electron chi connectivity index (χ2n) is 4.00. The van der Waals surface area contributed by atoms with Crippen LogP contribution in [-0.4, -0.2) is 41.3 Å². The van der Waals surface area contributed by atoms with Gasteiger partial charge in [0.1, 0.15) is 12.1 Å². The third kappa shape index (κ3) is 2.16. The molecule has 0 spiro atoms. The molecule has 4 nitrogen and oxygen atoms in total. The first-order valence-electron chi connectivity index (χ1n) is 5.31. The zero-order valence-corrected chi connectivity index (χ0v) is 9.20. The molecule has 2 saturated heterocycles. The van der Waals surface area contributed by atoms with Gasteiger partial charge in [0.05, 0.1) is 0 Å². The molecule has 2 heterocycles. The summed E-state index contributed by atoms with van der Waals surface area (Å²) in [7, 11) is 0. The number of amides is 1. The van der Waals surface area contributed by atoms with Gasteiger partial charge in [0.2, 0.25) is 5.24 Å². The molecule has 2 aliphatic heterocycles. The number of halogens is 1. The first-order chi connectivity index (χ1) is 7.20. The van der Waals surface area contributed by atoms with Crippen molar-refractivity contribution < 1.29 is 14.3 Å². The van der Waals surface area contributed by atoms with E-state index in [-0.39, 0.29) is 12.0 Å². The molecule has 2 aliphatic rings. The van der Waals surface area contributed by atoms with Crippen molar-refractivity contribution in [1.29, 1.82) is 0 Å². The van der Waals surface area contributed by atoms with Crippen LogP contribution in [0.5, 0.6) is 0 Å². The van der Waals surface area contributed by atoms with Crippen molar-refractivity contribution >= 4 is 22.8 Å². The van der Waals surface area contributed by atoms with E-state index in [9.17, 15) is 9.59 Å². The Hall–Kier alpha value is -0.610. The Morgan fingerprint density at radius 1 is 1.27 bits per heavy atom. The Bertz CT molecular complexity index is 276. The summed E-state index contributed by atoms with van der Waals surface area (Å²) in [4.78, 5) is 24.6. The van der Waals surface area contributed by atoms with Crippen molar-refractivity contribution in [3.63, 3.8) is 0 Å². The highest BCUT2D eigenvalue weighted by Crippen LogP contribution is 2.23. The summed E-state index contributed by atoms with van der Waals surface area (Å²) >= 11 is 5.46. The lowest BCUT2D eigenvalue weighted by atomic mass is 10.2. The molecule has 15 heavy (non-hydrogen) atoms.